The maximum Gasteiger partial charge on any atom is 0.306 e. The number of thiophene rings is 1. The Morgan fingerprint density at radius 3 is 2.68 bits per heavy atom. The molecule has 0 radical (unpaired) electrons. The summed E-state index contributed by atoms with van der Waals surface area (Å²) in [5, 5.41) is 11.4. The Morgan fingerprint density at radius 2 is 1.83 bits per heavy atom. The van der Waals surface area contributed by atoms with Gasteiger partial charge in [0, 0.05) is 10.9 Å². The zero-order valence-corrected chi connectivity index (χ0v) is 22.5. The van der Waals surface area contributed by atoms with Gasteiger partial charge in [-0.15, -0.1) is 16.3 Å². The zero-order valence-electron chi connectivity index (χ0n) is 21.7. The average molecular weight is 568 g/mol. The van der Waals surface area contributed by atoms with E-state index in [0.29, 0.717) is 53.3 Å². The third-order valence-corrected chi connectivity index (χ3v) is 8.17. The molecule has 3 aromatic carbocycles. The smallest absolute Gasteiger partial charge is 0.306 e. The van der Waals surface area contributed by atoms with E-state index in [-0.39, 0.29) is 22.3 Å². The number of fused-ring (bicyclic) bond motifs is 2. The molecule has 204 valence electrons. The van der Waals surface area contributed by atoms with Crippen molar-refractivity contribution in [2.75, 3.05) is 42.4 Å². The molecule has 41 heavy (non-hydrogen) atoms. The van der Waals surface area contributed by atoms with Gasteiger partial charge in [0.1, 0.15) is 15.5 Å². The monoisotopic (exact) mass is 567 g/mol. The van der Waals surface area contributed by atoms with Crippen LogP contribution in [0, 0.1) is 5.82 Å². The van der Waals surface area contributed by atoms with Crippen LogP contribution in [-0.4, -0.2) is 42.5 Å². The van der Waals surface area contributed by atoms with Crippen LogP contribution >= 0.6 is 11.3 Å². The molecule has 7 rings (SSSR count). The first kappa shape index (κ1) is 25.1. The highest BCUT2D eigenvalue weighted by molar-refractivity contribution is 7.21. The van der Waals surface area contributed by atoms with E-state index in [1.54, 1.807) is 17.1 Å². The van der Waals surface area contributed by atoms with E-state index < -0.39 is 5.91 Å². The topological polar surface area (TPSA) is 110 Å². The van der Waals surface area contributed by atoms with Gasteiger partial charge in [0.15, 0.2) is 0 Å². The fourth-order valence-corrected chi connectivity index (χ4v) is 6.13. The Labute approximate surface area is 237 Å². The van der Waals surface area contributed by atoms with Crippen LogP contribution in [0.3, 0.4) is 0 Å². The number of nitrogens with two attached hydrogens (primary N) is 1. The highest BCUT2D eigenvalue weighted by Crippen LogP contribution is 2.42. The Hall–Kier alpha value is -4.87. The van der Waals surface area contributed by atoms with E-state index in [1.165, 1.54) is 23.5 Å². The summed E-state index contributed by atoms with van der Waals surface area (Å²) in [7, 11) is 0. The number of hydrogen-bond acceptors (Lipinski definition) is 8. The molecular formula is C30H24FN6O3S+. The van der Waals surface area contributed by atoms with Gasteiger partial charge in [-0.3, -0.25) is 14.6 Å². The average Bonchev–Trinajstić information content (AvgIpc) is 3.61. The minimum Gasteiger partial charge on any atom is -0.397 e. The number of hydrogen-bond donors (Lipinski definition) is 2. The number of nitrogens with zero attached hydrogens (tertiary/aromatic N) is 4. The number of nitrogens with one attached hydrogen (secondary N) is 1. The van der Waals surface area contributed by atoms with Crippen molar-refractivity contribution in [3.63, 3.8) is 0 Å². The third-order valence-electron chi connectivity index (χ3n) is 7.08. The Kier molecular flexibility index (Phi) is 6.29. The van der Waals surface area contributed by atoms with Gasteiger partial charge in [-0.2, -0.15) is 0 Å². The quantitative estimate of drug-likeness (QED) is 0.282. The first-order chi connectivity index (χ1) is 20.0. The number of benzene rings is 3. The number of rotatable bonds is 5. The molecule has 9 nitrogen and oxygen atoms in total. The number of carbonyl (C=O) groups excluding carboxylic acids is 1. The Balaban J connectivity index is 1.32. The number of halogens is 1. The van der Waals surface area contributed by atoms with Gasteiger partial charge in [-0.05, 0) is 40.1 Å². The lowest BCUT2D eigenvalue weighted by Crippen LogP contribution is -2.62. The van der Waals surface area contributed by atoms with Crippen molar-refractivity contribution >= 4 is 49.8 Å². The third kappa shape index (κ3) is 4.64. The number of anilines is 2. The first-order valence-electron chi connectivity index (χ1n) is 13.1. The van der Waals surface area contributed by atoms with Crippen LogP contribution in [0.15, 0.2) is 83.5 Å². The fourth-order valence-electron chi connectivity index (χ4n) is 5.11. The number of nitrogen functional groups attached to an aromatic ring is 1. The van der Waals surface area contributed by atoms with Crippen LogP contribution in [0.2, 0.25) is 0 Å². The van der Waals surface area contributed by atoms with E-state index in [2.05, 4.69) is 10.6 Å². The SMILES string of the molecule is Nc1c(C(=O)Nc2c[n+](N3CCOCC3)no2)sc2nc(-c3cccc4ccccc34)cc(-c3cccc(F)c3)c12. The van der Waals surface area contributed by atoms with Crippen LogP contribution in [-0.2, 0) is 4.74 Å². The molecule has 1 saturated heterocycles. The van der Waals surface area contributed by atoms with Crippen molar-refractivity contribution in [1.29, 1.82) is 0 Å². The second kappa shape index (κ2) is 10.3. The number of morpholine rings is 1. The highest BCUT2D eigenvalue weighted by atomic mass is 32.1. The summed E-state index contributed by atoms with van der Waals surface area (Å²) in [5.41, 5.74) is 9.83. The number of pyridine rings is 1. The zero-order chi connectivity index (χ0) is 27.9. The highest BCUT2D eigenvalue weighted by Gasteiger charge is 2.26. The molecule has 0 saturated carbocycles. The summed E-state index contributed by atoms with van der Waals surface area (Å²) in [6.07, 6.45) is 1.60. The summed E-state index contributed by atoms with van der Waals surface area (Å²) in [6, 6.07) is 22.3. The molecule has 4 heterocycles. The number of ether oxygens (including phenoxy) is 1. The lowest BCUT2D eigenvalue weighted by molar-refractivity contribution is -0.759. The van der Waals surface area contributed by atoms with Crippen molar-refractivity contribution in [1.82, 2.24) is 10.3 Å². The van der Waals surface area contributed by atoms with Crippen molar-refractivity contribution in [2.24, 2.45) is 0 Å². The molecule has 11 heteroatoms. The molecule has 0 aliphatic carbocycles. The molecule has 0 atom stereocenters. The summed E-state index contributed by atoms with van der Waals surface area (Å²) in [5.74, 6) is -0.648. The van der Waals surface area contributed by atoms with Gasteiger partial charge in [-0.25, -0.2) is 9.37 Å². The minimum absolute atomic E-state index is 0.174. The molecule has 3 N–H and O–H groups in total. The van der Waals surface area contributed by atoms with E-state index in [4.69, 9.17) is 20.0 Å². The molecule has 6 aromatic rings. The second-order valence-electron chi connectivity index (χ2n) is 9.62. The van der Waals surface area contributed by atoms with Gasteiger partial charge in [0.05, 0.1) is 42.5 Å². The van der Waals surface area contributed by atoms with Crippen LogP contribution in [0.1, 0.15) is 9.67 Å². The van der Waals surface area contributed by atoms with E-state index in [1.807, 2.05) is 59.6 Å². The fraction of sp³-hybridized carbons (Fsp3) is 0.133. The predicted molar refractivity (Wildman–Crippen MR) is 156 cm³/mol. The molecule has 1 aliphatic rings. The molecule has 1 amide bonds. The van der Waals surface area contributed by atoms with Crippen molar-refractivity contribution < 1.29 is 23.2 Å². The van der Waals surface area contributed by atoms with Crippen molar-refractivity contribution in [2.45, 2.75) is 0 Å². The van der Waals surface area contributed by atoms with Gasteiger partial charge in [-0.1, -0.05) is 54.6 Å². The Bertz CT molecular complexity index is 1930. The van der Waals surface area contributed by atoms with Gasteiger partial charge in [0.25, 0.3) is 12.1 Å². The van der Waals surface area contributed by atoms with E-state index in [0.717, 1.165) is 16.3 Å². The second-order valence-corrected chi connectivity index (χ2v) is 10.6. The van der Waals surface area contributed by atoms with Gasteiger partial charge >= 0.3 is 5.88 Å². The van der Waals surface area contributed by atoms with Crippen LogP contribution < -0.4 is 20.9 Å². The summed E-state index contributed by atoms with van der Waals surface area (Å²) in [4.78, 5) is 20.8. The van der Waals surface area contributed by atoms with Gasteiger partial charge < -0.3 is 10.5 Å². The molecule has 0 bridgehead atoms. The maximum atomic E-state index is 14.4. The summed E-state index contributed by atoms with van der Waals surface area (Å²) >= 11 is 1.18. The molecule has 3 aromatic heterocycles. The largest absolute Gasteiger partial charge is 0.397 e. The molecular weight excluding hydrogens is 543 g/mol. The van der Waals surface area contributed by atoms with Crippen LogP contribution in [0.4, 0.5) is 16.0 Å². The van der Waals surface area contributed by atoms with Crippen LogP contribution in [0.25, 0.3) is 43.4 Å². The number of amides is 1. The van der Waals surface area contributed by atoms with E-state index >= 15 is 0 Å². The summed E-state index contributed by atoms with van der Waals surface area (Å²) in [6.45, 7) is 2.48. The summed E-state index contributed by atoms with van der Waals surface area (Å²) < 4.78 is 25.1. The lowest BCUT2D eigenvalue weighted by atomic mass is 9.97. The first-order valence-corrected chi connectivity index (χ1v) is 13.9. The lowest BCUT2D eigenvalue weighted by Gasteiger charge is -2.18. The normalized spacial score (nSPS) is 13.6. The predicted octanol–water partition coefficient (Wildman–Crippen LogP) is 5.00. The standard InChI is InChI=1S/C30H23FN6O3S/c31-20-8-3-7-19(15-20)23-16-24(22-10-4-6-18-5-1-2-9-21(18)22)33-30-26(23)27(32)28(41-30)29(38)34-25-17-37(35-40-25)36-11-13-39-14-12-36/h1-10,15-17H,11-14H2,(H2-,32,34,35,38)/p+1. The van der Waals surface area contributed by atoms with Crippen molar-refractivity contribution in [3.8, 4) is 22.4 Å². The van der Waals surface area contributed by atoms with E-state index in [9.17, 15) is 9.18 Å². The number of aromatic nitrogens is 3. The minimum atomic E-state index is -0.451. The molecule has 0 unspecified atom stereocenters. The molecule has 0 spiro atoms. The van der Waals surface area contributed by atoms with Gasteiger partial charge in [0.2, 0.25) is 5.27 Å². The molecule has 1 aliphatic heterocycles. The number of carbonyl (C=O) groups is 1. The van der Waals surface area contributed by atoms with Crippen LogP contribution in [0.5, 0.6) is 0 Å². The Morgan fingerprint density at radius 1 is 1.02 bits per heavy atom. The maximum absolute atomic E-state index is 14.4. The van der Waals surface area contributed by atoms with Crippen molar-refractivity contribution in [3.05, 3.63) is 89.7 Å². The molecule has 1 fully saturated rings.